The molecule has 0 radical (unpaired) electrons. The molecular formula is C20H16O4. The number of benzene rings is 2. The summed E-state index contributed by atoms with van der Waals surface area (Å²) in [7, 11) is 0. The average Bonchev–Trinajstić information content (AvgIpc) is 3.25. The lowest BCUT2D eigenvalue weighted by molar-refractivity contribution is 0.0949. The second kappa shape index (κ2) is 6.34. The molecule has 1 fully saturated rings. The van der Waals surface area contributed by atoms with Crippen LogP contribution in [-0.2, 0) is 11.3 Å². The molecule has 0 amide bonds. The maximum absolute atomic E-state index is 12.7. The summed E-state index contributed by atoms with van der Waals surface area (Å²) in [5.41, 5.74) is 1.59. The minimum absolute atomic E-state index is 0.0833. The molecule has 0 spiro atoms. The van der Waals surface area contributed by atoms with Crippen molar-refractivity contribution in [2.24, 2.45) is 0 Å². The Kier molecular flexibility index (Phi) is 3.89. The first-order chi connectivity index (χ1) is 11.8. The van der Waals surface area contributed by atoms with Crippen LogP contribution in [0.15, 0.2) is 77.4 Å². The number of carbonyl (C=O) groups is 1. The van der Waals surface area contributed by atoms with Gasteiger partial charge in [0.2, 0.25) is 0 Å². The number of rotatable bonds is 6. The van der Waals surface area contributed by atoms with E-state index in [1.54, 1.807) is 24.5 Å². The molecule has 2 aromatic carbocycles. The number of hydrogen-bond acceptors (Lipinski definition) is 4. The van der Waals surface area contributed by atoms with Crippen molar-refractivity contribution in [2.75, 3.05) is 0 Å². The van der Waals surface area contributed by atoms with E-state index in [1.807, 2.05) is 48.5 Å². The standard InChI is InChI=1S/C20H16O4/c21-18(20-19(24-20)17-11-6-12-22-17)15-9-4-5-10-16(15)23-13-14-7-2-1-3-8-14/h1-12,19-20H,13H2/t19-,20-/m0/s1. The Morgan fingerprint density at radius 2 is 1.75 bits per heavy atom. The number of Topliss-reactive ketones (excluding diaryl/α,β-unsaturated/α-hetero) is 1. The van der Waals surface area contributed by atoms with E-state index in [1.165, 1.54) is 0 Å². The van der Waals surface area contributed by atoms with E-state index in [-0.39, 0.29) is 11.9 Å². The second-order valence-corrected chi connectivity index (χ2v) is 5.63. The SMILES string of the molecule is O=C(c1ccccc1OCc1ccccc1)[C@@H]1O[C@H]1c1ccco1. The number of ether oxygens (including phenoxy) is 2. The Morgan fingerprint density at radius 3 is 2.54 bits per heavy atom. The first-order valence-electron chi connectivity index (χ1n) is 7.82. The van der Waals surface area contributed by atoms with Crippen LogP contribution in [0.3, 0.4) is 0 Å². The first kappa shape index (κ1) is 14.7. The molecule has 120 valence electrons. The molecular weight excluding hydrogens is 304 g/mol. The summed E-state index contributed by atoms with van der Waals surface area (Å²) in [5, 5.41) is 0. The van der Waals surface area contributed by atoms with Crippen LogP contribution < -0.4 is 4.74 Å². The fourth-order valence-electron chi connectivity index (χ4n) is 2.67. The number of ketones is 1. The molecule has 2 heterocycles. The molecule has 1 aliphatic rings. The third-order valence-corrected chi connectivity index (χ3v) is 3.96. The predicted octanol–water partition coefficient (Wildman–Crippen LogP) is 4.18. The van der Waals surface area contributed by atoms with Crippen LogP contribution in [0.5, 0.6) is 5.75 Å². The summed E-state index contributed by atoms with van der Waals surface area (Å²) in [6, 6.07) is 20.7. The van der Waals surface area contributed by atoms with Crippen molar-refractivity contribution in [3.8, 4) is 5.75 Å². The summed E-state index contributed by atoms with van der Waals surface area (Å²) < 4.78 is 16.6. The Hall–Kier alpha value is -2.85. The van der Waals surface area contributed by atoms with Crippen molar-refractivity contribution in [1.82, 2.24) is 0 Å². The first-order valence-corrected chi connectivity index (χ1v) is 7.82. The molecule has 3 aromatic rings. The van der Waals surface area contributed by atoms with Crippen LogP contribution in [0.25, 0.3) is 0 Å². The molecule has 0 unspecified atom stereocenters. The van der Waals surface area contributed by atoms with Crippen molar-refractivity contribution >= 4 is 5.78 Å². The van der Waals surface area contributed by atoms with Crippen LogP contribution in [0.4, 0.5) is 0 Å². The smallest absolute Gasteiger partial charge is 0.198 e. The normalized spacial score (nSPS) is 19.0. The predicted molar refractivity (Wildman–Crippen MR) is 87.9 cm³/mol. The van der Waals surface area contributed by atoms with Gasteiger partial charge < -0.3 is 13.9 Å². The van der Waals surface area contributed by atoms with Gasteiger partial charge in [-0.05, 0) is 29.8 Å². The van der Waals surface area contributed by atoms with Gasteiger partial charge in [0.15, 0.2) is 11.9 Å². The van der Waals surface area contributed by atoms with E-state index in [2.05, 4.69) is 0 Å². The number of epoxide rings is 1. The zero-order chi connectivity index (χ0) is 16.4. The average molecular weight is 320 g/mol. The van der Waals surface area contributed by atoms with Crippen LogP contribution in [0, 0.1) is 0 Å². The highest BCUT2D eigenvalue weighted by Crippen LogP contribution is 2.41. The lowest BCUT2D eigenvalue weighted by atomic mass is 10.0. The molecule has 1 aromatic heterocycles. The molecule has 4 rings (SSSR count). The summed E-state index contributed by atoms with van der Waals surface area (Å²) in [6.07, 6.45) is 0.780. The van der Waals surface area contributed by atoms with Gasteiger partial charge in [-0.15, -0.1) is 0 Å². The number of hydrogen-bond donors (Lipinski definition) is 0. The lowest BCUT2D eigenvalue weighted by Gasteiger charge is -2.10. The number of furan rings is 1. The van der Waals surface area contributed by atoms with Gasteiger partial charge >= 0.3 is 0 Å². The highest BCUT2D eigenvalue weighted by atomic mass is 16.6. The van der Waals surface area contributed by atoms with Crippen molar-refractivity contribution in [3.63, 3.8) is 0 Å². The van der Waals surface area contributed by atoms with Gasteiger partial charge in [0.25, 0.3) is 0 Å². The second-order valence-electron chi connectivity index (χ2n) is 5.63. The highest BCUT2D eigenvalue weighted by molar-refractivity contribution is 6.03. The monoisotopic (exact) mass is 320 g/mol. The minimum Gasteiger partial charge on any atom is -0.488 e. The van der Waals surface area contributed by atoms with Crippen molar-refractivity contribution < 1.29 is 18.7 Å². The van der Waals surface area contributed by atoms with E-state index < -0.39 is 6.10 Å². The Bertz CT molecular complexity index is 824. The van der Waals surface area contributed by atoms with Crippen molar-refractivity contribution in [3.05, 3.63) is 89.9 Å². The molecule has 0 saturated carbocycles. The van der Waals surface area contributed by atoms with Gasteiger partial charge in [-0.1, -0.05) is 42.5 Å². The van der Waals surface area contributed by atoms with Gasteiger partial charge in [0, 0.05) is 0 Å². The quantitative estimate of drug-likeness (QED) is 0.505. The largest absolute Gasteiger partial charge is 0.488 e. The van der Waals surface area contributed by atoms with E-state index in [4.69, 9.17) is 13.9 Å². The highest BCUT2D eigenvalue weighted by Gasteiger charge is 2.48. The van der Waals surface area contributed by atoms with Crippen LogP contribution >= 0.6 is 0 Å². The number of carbonyl (C=O) groups excluding carboxylic acids is 1. The third kappa shape index (κ3) is 2.96. The lowest BCUT2D eigenvalue weighted by Crippen LogP contribution is -2.10. The van der Waals surface area contributed by atoms with Crippen LogP contribution in [-0.4, -0.2) is 11.9 Å². The molecule has 1 saturated heterocycles. The molecule has 0 N–H and O–H groups in total. The van der Waals surface area contributed by atoms with Crippen LogP contribution in [0.2, 0.25) is 0 Å². The maximum atomic E-state index is 12.7. The van der Waals surface area contributed by atoms with Crippen LogP contribution in [0.1, 0.15) is 27.8 Å². The Balaban J connectivity index is 1.48. The van der Waals surface area contributed by atoms with Gasteiger partial charge in [-0.3, -0.25) is 4.79 Å². The topological polar surface area (TPSA) is 52.0 Å². The fraction of sp³-hybridized carbons (Fsp3) is 0.150. The third-order valence-electron chi connectivity index (χ3n) is 3.96. The summed E-state index contributed by atoms with van der Waals surface area (Å²) >= 11 is 0. The zero-order valence-electron chi connectivity index (χ0n) is 12.9. The van der Waals surface area contributed by atoms with Crippen molar-refractivity contribution in [1.29, 1.82) is 0 Å². The molecule has 2 atom stereocenters. The van der Waals surface area contributed by atoms with Gasteiger partial charge in [-0.25, -0.2) is 0 Å². The van der Waals surface area contributed by atoms with E-state index in [0.29, 0.717) is 23.7 Å². The summed E-state index contributed by atoms with van der Waals surface area (Å²) in [4.78, 5) is 12.7. The molecule has 1 aliphatic heterocycles. The Morgan fingerprint density at radius 1 is 0.958 bits per heavy atom. The molecule has 4 nitrogen and oxygen atoms in total. The van der Waals surface area contributed by atoms with E-state index in [9.17, 15) is 4.79 Å². The molecule has 0 bridgehead atoms. The Labute approximate surface area is 139 Å². The van der Waals surface area contributed by atoms with Gasteiger partial charge in [-0.2, -0.15) is 0 Å². The van der Waals surface area contributed by atoms with E-state index in [0.717, 1.165) is 5.56 Å². The van der Waals surface area contributed by atoms with Gasteiger partial charge in [0.1, 0.15) is 24.2 Å². The number of para-hydroxylation sites is 1. The molecule has 24 heavy (non-hydrogen) atoms. The van der Waals surface area contributed by atoms with E-state index >= 15 is 0 Å². The summed E-state index contributed by atoms with van der Waals surface area (Å²) in [6.45, 7) is 0.415. The summed E-state index contributed by atoms with van der Waals surface area (Å²) in [5.74, 6) is 1.16. The van der Waals surface area contributed by atoms with Crippen molar-refractivity contribution in [2.45, 2.75) is 18.8 Å². The fourth-order valence-corrected chi connectivity index (χ4v) is 2.67. The van der Waals surface area contributed by atoms with Gasteiger partial charge in [0.05, 0.1) is 11.8 Å². The molecule has 0 aliphatic carbocycles. The minimum atomic E-state index is -0.502. The maximum Gasteiger partial charge on any atom is 0.198 e. The zero-order valence-corrected chi connectivity index (χ0v) is 12.9. The molecule has 4 heteroatoms.